The van der Waals surface area contributed by atoms with Crippen LogP contribution in [-0.4, -0.2) is 35.0 Å². The molecule has 0 aliphatic carbocycles. The van der Waals surface area contributed by atoms with Crippen LogP contribution in [0.5, 0.6) is 0 Å². The summed E-state index contributed by atoms with van der Waals surface area (Å²) >= 11 is 1.76. The summed E-state index contributed by atoms with van der Waals surface area (Å²) in [5.41, 5.74) is 1.29. The number of anilines is 1. The van der Waals surface area contributed by atoms with E-state index in [4.69, 9.17) is 9.97 Å². The normalized spacial score (nSPS) is 13.1. The first kappa shape index (κ1) is 16.2. The lowest BCUT2D eigenvalue weighted by Gasteiger charge is -2.23. The third kappa shape index (κ3) is 3.35. The molecule has 2 aromatic heterocycles. The summed E-state index contributed by atoms with van der Waals surface area (Å²) in [7, 11) is 4.08. The average Bonchev–Trinajstić information content (AvgIpc) is 2.73. The lowest BCUT2D eigenvalue weighted by atomic mass is 10.2. The molecule has 1 N–H and O–H groups in total. The van der Waals surface area contributed by atoms with Gasteiger partial charge in [-0.25, -0.2) is 9.97 Å². The molecule has 2 rings (SSSR count). The molecule has 0 amide bonds. The van der Waals surface area contributed by atoms with E-state index in [-0.39, 0.29) is 0 Å². The molecule has 4 nitrogen and oxygen atoms in total. The number of nitrogens with one attached hydrogen (secondary N) is 1. The van der Waals surface area contributed by atoms with Crippen molar-refractivity contribution in [2.24, 2.45) is 0 Å². The Morgan fingerprint density at radius 1 is 1.29 bits per heavy atom. The molecule has 0 saturated carbocycles. The Labute approximate surface area is 131 Å². The van der Waals surface area contributed by atoms with Crippen LogP contribution in [0.25, 0.3) is 10.2 Å². The van der Waals surface area contributed by atoms with E-state index in [2.05, 4.69) is 45.0 Å². The molecule has 0 fully saturated rings. The quantitative estimate of drug-likeness (QED) is 0.876. The molecule has 116 valence electrons. The molecule has 0 aromatic carbocycles. The zero-order valence-corrected chi connectivity index (χ0v) is 14.8. The topological polar surface area (TPSA) is 41.1 Å². The molecular weight excluding hydrogens is 280 g/mol. The SMILES string of the molecule is CCCC(C)N(C)Cc1nc(NC)c2c(C)c(C)sc2n1. The van der Waals surface area contributed by atoms with Crippen LogP contribution >= 0.6 is 11.3 Å². The van der Waals surface area contributed by atoms with Crippen LogP contribution in [0.4, 0.5) is 5.82 Å². The van der Waals surface area contributed by atoms with Gasteiger partial charge in [-0.05, 0) is 39.8 Å². The number of thiophene rings is 1. The van der Waals surface area contributed by atoms with E-state index in [1.54, 1.807) is 11.3 Å². The molecule has 5 heteroatoms. The lowest BCUT2D eigenvalue weighted by Crippen LogP contribution is -2.29. The summed E-state index contributed by atoms with van der Waals surface area (Å²) in [6, 6.07) is 0.555. The second-order valence-electron chi connectivity index (χ2n) is 5.75. The molecule has 1 atom stereocenters. The van der Waals surface area contributed by atoms with Gasteiger partial charge in [0.05, 0.1) is 11.9 Å². The van der Waals surface area contributed by atoms with Crippen molar-refractivity contribution in [2.75, 3.05) is 19.4 Å². The highest BCUT2D eigenvalue weighted by atomic mass is 32.1. The minimum absolute atomic E-state index is 0.555. The Kier molecular flexibility index (Phi) is 5.17. The number of aryl methyl sites for hydroxylation is 2. The van der Waals surface area contributed by atoms with Crippen LogP contribution < -0.4 is 5.32 Å². The summed E-state index contributed by atoms with van der Waals surface area (Å²) < 4.78 is 0. The van der Waals surface area contributed by atoms with Gasteiger partial charge < -0.3 is 5.32 Å². The van der Waals surface area contributed by atoms with Crippen molar-refractivity contribution >= 4 is 27.4 Å². The molecular formula is C16H26N4S. The molecule has 2 aromatic rings. The number of aromatic nitrogens is 2. The van der Waals surface area contributed by atoms with Crippen LogP contribution in [0.15, 0.2) is 0 Å². The number of nitrogens with zero attached hydrogens (tertiary/aromatic N) is 3. The summed E-state index contributed by atoms with van der Waals surface area (Å²) in [4.78, 5) is 14.2. The van der Waals surface area contributed by atoms with Crippen LogP contribution in [0, 0.1) is 13.8 Å². The molecule has 0 bridgehead atoms. The van der Waals surface area contributed by atoms with E-state index in [9.17, 15) is 0 Å². The zero-order chi connectivity index (χ0) is 15.6. The number of hydrogen-bond acceptors (Lipinski definition) is 5. The van der Waals surface area contributed by atoms with Gasteiger partial charge in [-0.3, -0.25) is 4.90 Å². The van der Waals surface area contributed by atoms with Gasteiger partial charge >= 0.3 is 0 Å². The molecule has 0 aliphatic heterocycles. The molecule has 0 aliphatic rings. The minimum Gasteiger partial charge on any atom is -0.372 e. The predicted octanol–water partition coefficient (Wildman–Crippen LogP) is 3.97. The van der Waals surface area contributed by atoms with Gasteiger partial charge in [-0.1, -0.05) is 13.3 Å². The van der Waals surface area contributed by atoms with Crippen molar-refractivity contribution in [1.82, 2.24) is 14.9 Å². The number of hydrogen-bond donors (Lipinski definition) is 1. The average molecular weight is 306 g/mol. The van der Waals surface area contributed by atoms with Gasteiger partial charge in [-0.2, -0.15) is 0 Å². The first-order valence-corrected chi connectivity index (χ1v) is 8.44. The van der Waals surface area contributed by atoms with Crippen molar-refractivity contribution < 1.29 is 0 Å². The highest BCUT2D eigenvalue weighted by Crippen LogP contribution is 2.33. The maximum absolute atomic E-state index is 4.77. The van der Waals surface area contributed by atoms with Crippen molar-refractivity contribution in [2.45, 2.75) is 53.1 Å². The van der Waals surface area contributed by atoms with Gasteiger partial charge in [0, 0.05) is 18.0 Å². The second-order valence-corrected chi connectivity index (χ2v) is 6.96. The fraction of sp³-hybridized carbons (Fsp3) is 0.625. The third-order valence-corrected chi connectivity index (χ3v) is 5.26. The van der Waals surface area contributed by atoms with E-state index in [1.807, 2.05) is 7.05 Å². The van der Waals surface area contributed by atoms with E-state index < -0.39 is 0 Å². The van der Waals surface area contributed by atoms with E-state index in [1.165, 1.54) is 28.7 Å². The molecule has 0 radical (unpaired) electrons. The van der Waals surface area contributed by atoms with E-state index in [0.29, 0.717) is 6.04 Å². The van der Waals surface area contributed by atoms with Crippen molar-refractivity contribution in [3.05, 3.63) is 16.3 Å². The standard InChI is InChI=1S/C16H26N4S/c1-7-8-10(2)20(6)9-13-18-15(17-5)14-11(3)12(4)21-16(14)19-13/h10H,7-9H2,1-6H3,(H,17,18,19). The summed E-state index contributed by atoms with van der Waals surface area (Å²) in [6.45, 7) is 9.58. The van der Waals surface area contributed by atoms with Gasteiger partial charge in [0.2, 0.25) is 0 Å². The van der Waals surface area contributed by atoms with Crippen LogP contribution in [-0.2, 0) is 6.54 Å². The number of rotatable bonds is 6. The first-order valence-electron chi connectivity index (χ1n) is 7.62. The monoisotopic (exact) mass is 306 g/mol. The molecule has 0 spiro atoms. The van der Waals surface area contributed by atoms with Crippen LogP contribution in [0.3, 0.4) is 0 Å². The molecule has 0 saturated heterocycles. The highest BCUT2D eigenvalue weighted by Gasteiger charge is 2.16. The Morgan fingerprint density at radius 2 is 2.00 bits per heavy atom. The Bertz CT molecular complexity index is 620. The second kappa shape index (κ2) is 6.71. The lowest BCUT2D eigenvalue weighted by molar-refractivity contribution is 0.231. The largest absolute Gasteiger partial charge is 0.372 e. The molecule has 2 heterocycles. The van der Waals surface area contributed by atoms with Gasteiger partial charge in [0.1, 0.15) is 16.5 Å². The van der Waals surface area contributed by atoms with Crippen LogP contribution in [0.1, 0.15) is 43.0 Å². The van der Waals surface area contributed by atoms with Gasteiger partial charge in [0.25, 0.3) is 0 Å². The summed E-state index contributed by atoms with van der Waals surface area (Å²) in [5, 5.41) is 4.40. The predicted molar refractivity (Wildman–Crippen MR) is 92.3 cm³/mol. The third-order valence-electron chi connectivity index (χ3n) is 4.16. The van der Waals surface area contributed by atoms with Crippen LogP contribution in [0.2, 0.25) is 0 Å². The fourth-order valence-electron chi connectivity index (χ4n) is 2.56. The Hall–Kier alpha value is -1.20. The summed E-state index contributed by atoms with van der Waals surface area (Å²) in [5.74, 6) is 1.85. The first-order chi connectivity index (χ1) is 9.97. The maximum atomic E-state index is 4.77. The summed E-state index contributed by atoms with van der Waals surface area (Å²) in [6.07, 6.45) is 2.41. The van der Waals surface area contributed by atoms with Crippen molar-refractivity contribution in [3.63, 3.8) is 0 Å². The Balaban J connectivity index is 2.33. The highest BCUT2D eigenvalue weighted by molar-refractivity contribution is 7.18. The Morgan fingerprint density at radius 3 is 2.62 bits per heavy atom. The van der Waals surface area contributed by atoms with Crippen molar-refractivity contribution in [1.29, 1.82) is 0 Å². The number of fused-ring (bicyclic) bond motifs is 1. The zero-order valence-electron chi connectivity index (χ0n) is 13.9. The smallest absolute Gasteiger partial charge is 0.146 e. The van der Waals surface area contributed by atoms with Gasteiger partial charge in [-0.15, -0.1) is 11.3 Å². The molecule has 1 unspecified atom stereocenters. The van der Waals surface area contributed by atoms with Crippen molar-refractivity contribution in [3.8, 4) is 0 Å². The molecule has 21 heavy (non-hydrogen) atoms. The maximum Gasteiger partial charge on any atom is 0.146 e. The fourth-order valence-corrected chi connectivity index (χ4v) is 3.61. The van der Waals surface area contributed by atoms with E-state index in [0.717, 1.165) is 23.0 Å². The minimum atomic E-state index is 0.555. The van der Waals surface area contributed by atoms with Gasteiger partial charge in [0.15, 0.2) is 0 Å². The van der Waals surface area contributed by atoms with E-state index >= 15 is 0 Å².